The minimum atomic E-state index is -0.598. The normalized spacial score (nSPS) is 18.7. The van der Waals surface area contributed by atoms with Crippen LogP contribution in [0.2, 0.25) is 0 Å². The number of fused-ring (bicyclic) bond motifs is 5. The van der Waals surface area contributed by atoms with Crippen LogP contribution in [-0.2, 0) is 6.54 Å². The number of ether oxygens (including phenoxy) is 1. The Morgan fingerprint density at radius 2 is 1.83 bits per heavy atom. The van der Waals surface area contributed by atoms with Crippen molar-refractivity contribution >= 4 is 5.69 Å². The fourth-order valence-corrected chi connectivity index (χ4v) is 4.35. The van der Waals surface area contributed by atoms with Crippen LogP contribution in [0.4, 0.5) is 5.69 Å². The summed E-state index contributed by atoms with van der Waals surface area (Å²) >= 11 is 0. The van der Waals surface area contributed by atoms with Gasteiger partial charge in [-0.15, -0.1) is 0 Å². The van der Waals surface area contributed by atoms with E-state index >= 15 is 0 Å². The number of rotatable bonds is 2. The molecule has 2 aromatic carbocycles. The summed E-state index contributed by atoms with van der Waals surface area (Å²) < 4.78 is 10.6. The Bertz CT molecular complexity index is 1260. The summed E-state index contributed by atoms with van der Waals surface area (Å²) in [6, 6.07) is 14.5. The molecule has 2 aliphatic rings. The van der Waals surface area contributed by atoms with Gasteiger partial charge in [-0.05, 0) is 37.6 Å². The van der Waals surface area contributed by atoms with Gasteiger partial charge in [0.15, 0.2) is 0 Å². The maximum atomic E-state index is 13.5. The van der Waals surface area contributed by atoms with E-state index in [1.165, 1.54) is 9.25 Å². The molecule has 1 aromatic heterocycles. The second-order valence-electron chi connectivity index (χ2n) is 7.84. The van der Waals surface area contributed by atoms with Gasteiger partial charge in [0, 0.05) is 24.4 Å². The van der Waals surface area contributed by atoms with Crippen molar-refractivity contribution < 1.29 is 4.74 Å². The number of aromatic nitrogens is 3. The molecule has 3 heterocycles. The van der Waals surface area contributed by atoms with E-state index in [0.29, 0.717) is 18.0 Å². The van der Waals surface area contributed by atoms with E-state index in [1.807, 2.05) is 63.4 Å². The third kappa shape index (κ3) is 2.43. The summed E-state index contributed by atoms with van der Waals surface area (Å²) in [5.74, 6) is 0.712. The second-order valence-corrected chi connectivity index (χ2v) is 7.84. The van der Waals surface area contributed by atoms with E-state index in [4.69, 9.17) is 4.74 Å². The van der Waals surface area contributed by atoms with Gasteiger partial charge < -0.3 is 10.1 Å². The molecule has 29 heavy (non-hydrogen) atoms. The molecule has 0 radical (unpaired) electrons. The lowest BCUT2D eigenvalue weighted by Crippen LogP contribution is -2.46. The van der Waals surface area contributed by atoms with Crippen LogP contribution in [0.1, 0.15) is 25.5 Å². The third-order valence-electron chi connectivity index (χ3n) is 5.75. The zero-order chi connectivity index (χ0) is 20.3. The smallest absolute Gasteiger partial charge is 0.352 e. The number of anilines is 1. The molecule has 0 spiro atoms. The van der Waals surface area contributed by atoms with E-state index in [0.717, 1.165) is 16.8 Å². The summed E-state index contributed by atoms with van der Waals surface area (Å²) in [7, 11) is 1.85. The molecule has 0 aliphatic carbocycles. The third-order valence-corrected chi connectivity index (χ3v) is 5.75. The number of hydrogen-bond donors (Lipinski definition) is 1. The highest BCUT2D eigenvalue weighted by Gasteiger charge is 2.43. The molecule has 3 aromatic rings. The number of hydrogen-bond acceptors (Lipinski definition) is 4. The molecule has 0 saturated heterocycles. The lowest BCUT2D eigenvalue weighted by molar-refractivity contribution is 0.113. The van der Waals surface area contributed by atoms with E-state index < -0.39 is 11.6 Å². The summed E-state index contributed by atoms with van der Waals surface area (Å²) in [4.78, 5) is 26.6. The number of benzene rings is 2. The summed E-state index contributed by atoms with van der Waals surface area (Å²) in [5.41, 5.74) is 2.06. The van der Waals surface area contributed by atoms with Gasteiger partial charge in [-0.3, -0.25) is 0 Å². The molecule has 1 unspecified atom stereocenters. The van der Waals surface area contributed by atoms with Crippen molar-refractivity contribution in [2.24, 2.45) is 0 Å². The Labute approximate surface area is 167 Å². The number of para-hydroxylation sites is 1. The van der Waals surface area contributed by atoms with Crippen LogP contribution in [0.25, 0.3) is 5.69 Å². The summed E-state index contributed by atoms with van der Waals surface area (Å²) in [6.45, 7) is 4.32. The molecule has 1 N–H and O–H groups in total. The topological polar surface area (TPSA) is 70.2 Å². The fourth-order valence-electron chi connectivity index (χ4n) is 4.35. The maximum absolute atomic E-state index is 13.5. The van der Waals surface area contributed by atoms with Crippen LogP contribution in [0.3, 0.4) is 0 Å². The predicted octanol–water partition coefficient (Wildman–Crippen LogP) is 2.54. The first-order chi connectivity index (χ1) is 13.9. The Hall–Kier alpha value is -3.48. The minimum absolute atomic E-state index is 0.330. The standard InChI is InChI=1S/C22H22N4O3/c1-22(2)17-11-12-24-20(27)25(15-7-5-4-6-8-15)21(28)26(24)19(17)16-10-9-14(23-3)13-18(16)29-22/h4-11,13,19,23H,12H2,1-3H3. The molecular formula is C22H22N4O3. The van der Waals surface area contributed by atoms with Crippen molar-refractivity contribution in [1.29, 1.82) is 0 Å². The van der Waals surface area contributed by atoms with Gasteiger partial charge in [0.2, 0.25) is 0 Å². The lowest BCUT2D eigenvalue weighted by atomic mass is 9.83. The van der Waals surface area contributed by atoms with Gasteiger partial charge in [-0.1, -0.05) is 30.3 Å². The van der Waals surface area contributed by atoms with Crippen LogP contribution in [0, 0.1) is 0 Å². The van der Waals surface area contributed by atoms with Crippen molar-refractivity contribution in [1.82, 2.24) is 13.9 Å². The average molecular weight is 390 g/mol. The molecule has 0 saturated carbocycles. The molecule has 7 nitrogen and oxygen atoms in total. The fraction of sp³-hybridized carbons (Fsp3) is 0.273. The maximum Gasteiger partial charge on any atom is 0.352 e. The molecule has 0 amide bonds. The molecule has 148 valence electrons. The van der Waals surface area contributed by atoms with Crippen molar-refractivity contribution in [2.45, 2.75) is 32.0 Å². The molecule has 2 aliphatic heterocycles. The average Bonchev–Trinajstić information content (AvgIpc) is 2.98. The van der Waals surface area contributed by atoms with Crippen molar-refractivity contribution in [3.05, 3.63) is 86.7 Å². The quantitative estimate of drug-likeness (QED) is 0.683. The first-order valence-electron chi connectivity index (χ1n) is 9.63. The van der Waals surface area contributed by atoms with Gasteiger partial charge in [0.25, 0.3) is 0 Å². The van der Waals surface area contributed by atoms with Crippen LogP contribution >= 0.6 is 0 Å². The van der Waals surface area contributed by atoms with E-state index in [2.05, 4.69) is 5.32 Å². The SMILES string of the molecule is CNc1ccc2c(c1)OC(C)(C)C1=CCn3c(=O)n(-c4ccccc4)c(=O)n3C12. The van der Waals surface area contributed by atoms with Crippen LogP contribution in [0.5, 0.6) is 5.75 Å². The number of nitrogens with zero attached hydrogens (tertiary/aromatic N) is 3. The molecular weight excluding hydrogens is 368 g/mol. The van der Waals surface area contributed by atoms with Crippen LogP contribution in [0.15, 0.2) is 69.8 Å². The number of nitrogens with one attached hydrogen (secondary N) is 1. The summed E-state index contributed by atoms with van der Waals surface area (Å²) in [6.07, 6.45) is 2.01. The summed E-state index contributed by atoms with van der Waals surface area (Å²) in [5, 5.41) is 3.12. The Morgan fingerprint density at radius 1 is 1.07 bits per heavy atom. The van der Waals surface area contributed by atoms with E-state index in [1.54, 1.807) is 16.8 Å². The minimum Gasteiger partial charge on any atom is -0.483 e. The Morgan fingerprint density at radius 3 is 2.55 bits per heavy atom. The van der Waals surface area contributed by atoms with Gasteiger partial charge in [0.05, 0.1) is 12.2 Å². The van der Waals surface area contributed by atoms with Gasteiger partial charge in [-0.25, -0.2) is 23.5 Å². The highest BCUT2D eigenvalue weighted by atomic mass is 16.5. The molecule has 0 bridgehead atoms. The Kier molecular flexibility index (Phi) is 3.65. The predicted molar refractivity (Wildman–Crippen MR) is 111 cm³/mol. The zero-order valence-corrected chi connectivity index (χ0v) is 16.5. The van der Waals surface area contributed by atoms with Crippen molar-refractivity contribution in [3.63, 3.8) is 0 Å². The Balaban J connectivity index is 1.79. The highest BCUT2D eigenvalue weighted by Crippen LogP contribution is 2.46. The molecule has 7 heteroatoms. The van der Waals surface area contributed by atoms with Gasteiger partial charge >= 0.3 is 11.4 Å². The van der Waals surface area contributed by atoms with E-state index in [9.17, 15) is 9.59 Å². The van der Waals surface area contributed by atoms with Crippen molar-refractivity contribution in [3.8, 4) is 11.4 Å². The second kappa shape index (κ2) is 6.01. The van der Waals surface area contributed by atoms with Crippen molar-refractivity contribution in [2.75, 3.05) is 12.4 Å². The van der Waals surface area contributed by atoms with Gasteiger partial charge in [0.1, 0.15) is 17.4 Å². The number of allylic oxidation sites excluding steroid dienone is 1. The highest BCUT2D eigenvalue weighted by molar-refractivity contribution is 5.56. The molecule has 5 rings (SSSR count). The van der Waals surface area contributed by atoms with Gasteiger partial charge in [-0.2, -0.15) is 0 Å². The van der Waals surface area contributed by atoms with Crippen LogP contribution in [-0.4, -0.2) is 26.6 Å². The van der Waals surface area contributed by atoms with E-state index in [-0.39, 0.29) is 11.4 Å². The monoisotopic (exact) mass is 390 g/mol. The largest absolute Gasteiger partial charge is 0.483 e. The first-order valence-corrected chi connectivity index (χ1v) is 9.63. The molecule has 1 atom stereocenters. The molecule has 0 fully saturated rings. The zero-order valence-electron chi connectivity index (χ0n) is 16.5. The first kappa shape index (κ1) is 17.6. The lowest BCUT2D eigenvalue weighted by Gasteiger charge is -2.42. The van der Waals surface area contributed by atoms with Crippen LogP contribution < -0.4 is 21.4 Å².